The van der Waals surface area contributed by atoms with Gasteiger partial charge in [-0.3, -0.25) is 0 Å². The van der Waals surface area contributed by atoms with Crippen LogP contribution in [0.1, 0.15) is 68.2 Å². The molecule has 2 bridgehead atoms. The number of aromatic nitrogens is 3. The molecule has 2 saturated carbocycles. The smallest absolute Gasteiger partial charge is 0.164 e. The summed E-state index contributed by atoms with van der Waals surface area (Å²) in [5, 5.41) is 10.1. The number of aryl methyl sites for hydroxylation is 2. The van der Waals surface area contributed by atoms with E-state index < -0.39 is 0 Å². The third-order valence-electron chi connectivity index (χ3n) is 8.82. The molecule has 0 amide bonds. The van der Waals surface area contributed by atoms with Crippen LogP contribution >= 0.6 is 0 Å². The van der Waals surface area contributed by atoms with Crippen molar-refractivity contribution in [3.05, 3.63) is 89.0 Å². The third-order valence-corrected chi connectivity index (χ3v) is 8.82. The number of fused-ring (bicyclic) bond motifs is 2. The van der Waals surface area contributed by atoms with E-state index in [4.69, 9.17) is 15.0 Å². The van der Waals surface area contributed by atoms with Crippen LogP contribution in [0.2, 0.25) is 0 Å². The summed E-state index contributed by atoms with van der Waals surface area (Å²) in [6.07, 6.45) is 6.23. The monoisotopic (exact) mass is 512 g/mol. The zero-order valence-corrected chi connectivity index (χ0v) is 23.4. The van der Waals surface area contributed by atoms with Gasteiger partial charge in [-0.2, -0.15) is 5.26 Å². The van der Waals surface area contributed by atoms with E-state index >= 15 is 0 Å². The van der Waals surface area contributed by atoms with Crippen molar-refractivity contribution in [2.75, 3.05) is 0 Å². The molecule has 2 fully saturated rings. The standard InChI is InChI=1S/C35H36N4/c1-22-5-9-28(10-6-22)32-37-33(29-11-7-23(2)8-12-29)39-34(38-32)30-15-27(21-36)16-31(17-30)35-18-24(3)13-26(20-35)14-25(4)19-35/h5-12,15-17,24-26H,13-14,18-20H2,1-4H3/t24-,25+,26-,35?. The Kier molecular flexibility index (Phi) is 6.55. The van der Waals surface area contributed by atoms with Gasteiger partial charge in [0.2, 0.25) is 0 Å². The molecule has 4 heteroatoms. The first-order chi connectivity index (χ1) is 18.8. The maximum absolute atomic E-state index is 10.1. The quantitative estimate of drug-likeness (QED) is 0.275. The minimum atomic E-state index is 0.119. The van der Waals surface area contributed by atoms with E-state index in [0.717, 1.165) is 22.6 Å². The average Bonchev–Trinajstić information content (AvgIpc) is 2.92. The Labute approximate surface area is 232 Å². The molecule has 3 aromatic carbocycles. The number of hydrogen-bond donors (Lipinski definition) is 0. The fraction of sp³-hybridized carbons (Fsp3) is 0.371. The van der Waals surface area contributed by atoms with Crippen LogP contribution < -0.4 is 0 Å². The lowest BCUT2D eigenvalue weighted by Crippen LogP contribution is -2.42. The van der Waals surface area contributed by atoms with Gasteiger partial charge in [0.25, 0.3) is 0 Å². The number of benzene rings is 3. The van der Waals surface area contributed by atoms with E-state index in [0.29, 0.717) is 34.9 Å². The lowest BCUT2D eigenvalue weighted by atomic mass is 9.54. The van der Waals surface area contributed by atoms with Crippen molar-refractivity contribution >= 4 is 0 Å². The molecule has 0 radical (unpaired) electrons. The first-order valence-electron chi connectivity index (χ1n) is 14.3. The Balaban J connectivity index is 1.52. The molecule has 39 heavy (non-hydrogen) atoms. The maximum Gasteiger partial charge on any atom is 0.164 e. The fourth-order valence-corrected chi connectivity index (χ4v) is 7.35. The molecule has 0 aliphatic heterocycles. The molecule has 1 heterocycles. The van der Waals surface area contributed by atoms with E-state index in [-0.39, 0.29) is 5.41 Å². The summed E-state index contributed by atoms with van der Waals surface area (Å²) in [5.41, 5.74) is 7.28. The normalized spacial score (nSPS) is 24.2. The highest BCUT2D eigenvalue weighted by Gasteiger charge is 2.45. The van der Waals surface area contributed by atoms with Crippen molar-refractivity contribution in [2.45, 2.75) is 65.2 Å². The van der Waals surface area contributed by atoms with Crippen molar-refractivity contribution in [1.29, 1.82) is 5.26 Å². The van der Waals surface area contributed by atoms with Crippen LogP contribution in [-0.2, 0) is 5.41 Å². The van der Waals surface area contributed by atoms with E-state index in [1.54, 1.807) is 0 Å². The Morgan fingerprint density at radius 3 is 1.64 bits per heavy atom. The zero-order chi connectivity index (χ0) is 27.1. The molecule has 2 aliphatic rings. The molecular formula is C35H36N4. The topological polar surface area (TPSA) is 62.5 Å². The van der Waals surface area contributed by atoms with Gasteiger partial charge in [0.1, 0.15) is 0 Å². The van der Waals surface area contributed by atoms with E-state index in [2.05, 4.69) is 94.4 Å². The van der Waals surface area contributed by atoms with Crippen LogP contribution in [-0.4, -0.2) is 15.0 Å². The molecule has 4 aromatic rings. The van der Waals surface area contributed by atoms with Gasteiger partial charge in [0.15, 0.2) is 17.5 Å². The summed E-state index contributed by atoms with van der Waals surface area (Å²) in [5.74, 6) is 4.08. The highest BCUT2D eigenvalue weighted by Crippen LogP contribution is 2.54. The Morgan fingerprint density at radius 1 is 0.667 bits per heavy atom. The van der Waals surface area contributed by atoms with E-state index in [9.17, 15) is 5.26 Å². The second kappa shape index (κ2) is 10.0. The van der Waals surface area contributed by atoms with Crippen LogP contribution in [0.3, 0.4) is 0 Å². The van der Waals surface area contributed by atoms with Gasteiger partial charge in [-0.1, -0.05) is 73.5 Å². The van der Waals surface area contributed by atoms with Crippen LogP contribution in [0.5, 0.6) is 0 Å². The molecule has 1 aromatic heterocycles. The maximum atomic E-state index is 10.1. The Bertz CT molecular complexity index is 1460. The van der Waals surface area contributed by atoms with Crippen LogP contribution in [0.4, 0.5) is 0 Å². The van der Waals surface area contributed by atoms with Crippen LogP contribution in [0.15, 0.2) is 66.7 Å². The minimum absolute atomic E-state index is 0.119. The number of rotatable bonds is 4. The number of nitrogens with zero attached hydrogens (tertiary/aromatic N) is 4. The van der Waals surface area contributed by atoms with Crippen molar-refractivity contribution in [3.63, 3.8) is 0 Å². The van der Waals surface area contributed by atoms with E-state index in [1.165, 1.54) is 48.8 Å². The summed E-state index contributed by atoms with van der Waals surface area (Å²) in [6, 6.07) is 25.4. The molecular weight excluding hydrogens is 476 g/mol. The van der Waals surface area contributed by atoms with Gasteiger partial charge >= 0.3 is 0 Å². The Morgan fingerprint density at radius 2 is 1.15 bits per heavy atom. The first-order valence-corrected chi connectivity index (χ1v) is 14.3. The van der Waals surface area contributed by atoms with Gasteiger partial charge in [0, 0.05) is 16.7 Å². The van der Waals surface area contributed by atoms with Crippen molar-refractivity contribution in [1.82, 2.24) is 15.0 Å². The molecule has 6 rings (SSSR count). The second-order valence-corrected chi connectivity index (χ2v) is 12.4. The Hall–Kier alpha value is -3.84. The fourth-order valence-electron chi connectivity index (χ4n) is 7.35. The predicted molar refractivity (Wildman–Crippen MR) is 157 cm³/mol. The van der Waals surface area contributed by atoms with Gasteiger partial charge in [0.05, 0.1) is 11.6 Å². The van der Waals surface area contributed by atoms with Gasteiger partial charge in [-0.05, 0) is 92.9 Å². The molecule has 0 saturated heterocycles. The SMILES string of the molecule is Cc1ccc(-c2nc(-c3ccc(C)cc3)nc(-c3cc(C#N)cc(C45C[C@H](C)C[C@H](C[C@H](C)C4)C5)c3)n2)cc1. The summed E-state index contributed by atoms with van der Waals surface area (Å²) in [4.78, 5) is 14.9. The molecule has 0 spiro atoms. The number of nitriles is 1. The third kappa shape index (κ3) is 5.11. The average molecular weight is 513 g/mol. The van der Waals surface area contributed by atoms with E-state index in [1.807, 2.05) is 6.07 Å². The summed E-state index contributed by atoms with van der Waals surface area (Å²) < 4.78 is 0. The number of hydrogen-bond acceptors (Lipinski definition) is 4. The van der Waals surface area contributed by atoms with Crippen LogP contribution in [0.25, 0.3) is 34.2 Å². The molecule has 4 atom stereocenters. The molecule has 4 nitrogen and oxygen atoms in total. The van der Waals surface area contributed by atoms with Crippen LogP contribution in [0, 0.1) is 42.9 Å². The molecule has 196 valence electrons. The summed E-state index contributed by atoms with van der Waals surface area (Å²) >= 11 is 0. The van der Waals surface area contributed by atoms with Crippen molar-refractivity contribution < 1.29 is 0 Å². The summed E-state index contributed by atoms with van der Waals surface area (Å²) in [6.45, 7) is 8.97. The lowest BCUT2D eigenvalue weighted by Gasteiger charge is -2.50. The second-order valence-electron chi connectivity index (χ2n) is 12.4. The van der Waals surface area contributed by atoms with Crippen molar-refractivity contribution in [2.24, 2.45) is 17.8 Å². The van der Waals surface area contributed by atoms with Gasteiger partial charge < -0.3 is 0 Å². The first kappa shape index (κ1) is 25.4. The molecule has 2 aliphatic carbocycles. The largest absolute Gasteiger partial charge is 0.208 e. The zero-order valence-electron chi connectivity index (χ0n) is 23.4. The molecule has 1 unspecified atom stereocenters. The molecule has 0 N–H and O–H groups in total. The highest BCUT2D eigenvalue weighted by molar-refractivity contribution is 5.68. The van der Waals surface area contributed by atoms with Gasteiger partial charge in [-0.15, -0.1) is 0 Å². The highest BCUT2D eigenvalue weighted by atomic mass is 15.0. The summed E-state index contributed by atoms with van der Waals surface area (Å²) in [7, 11) is 0. The van der Waals surface area contributed by atoms with Gasteiger partial charge in [-0.25, -0.2) is 15.0 Å². The van der Waals surface area contributed by atoms with Crippen molar-refractivity contribution in [3.8, 4) is 40.2 Å². The lowest BCUT2D eigenvalue weighted by molar-refractivity contribution is 0.0780. The predicted octanol–water partition coefficient (Wildman–Crippen LogP) is 8.47. The minimum Gasteiger partial charge on any atom is -0.208 e.